The number of hydrogen-bond donors (Lipinski definition) is 1. The molecule has 38 heavy (non-hydrogen) atoms. The van der Waals surface area contributed by atoms with Crippen molar-refractivity contribution in [3.8, 4) is 5.69 Å². The Morgan fingerprint density at radius 1 is 1.21 bits per heavy atom. The Morgan fingerprint density at radius 3 is 2.68 bits per heavy atom. The third kappa shape index (κ3) is 5.50. The van der Waals surface area contributed by atoms with E-state index in [-0.39, 0.29) is 33.8 Å². The molecule has 8 nitrogen and oxygen atoms in total. The summed E-state index contributed by atoms with van der Waals surface area (Å²) in [6.45, 7) is 1.09. The molecule has 0 saturated carbocycles. The number of nitrogens with one attached hydrogen (secondary N) is 1. The highest BCUT2D eigenvalue weighted by molar-refractivity contribution is 7.91. The number of fused-ring (bicyclic) bond motifs is 1. The van der Waals surface area contributed by atoms with Crippen molar-refractivity contribution in [3.05, 3.63) is 80.8 Å². The number of methoxy groups -OCH3 is 1. The van der Waals surface area contributed by atoms with Crippen molar-refractivity contribution in [3.63, 3.8) is 0 Å². The van der Waals surface area contributed by atoms with Crippen LogP contribution in [0, 0.1) is 5.82 Å². The predicted molar refractivity (Wildman–Crippen MR) is 144 cm³/mol. The van der Waals surface area contributed by atoms with Crippen LogP contribution in [0.3, 0.4) is 0 Å². The Hall–Kier alpha value is -2.76. The molecule has 0 unspecified atom stereocenters. The van der Waals surface area contributed by atoms with Gasteiger partial charge in [-0.25, -0.2) is 22.5 Å². The number of aromatic nitrogens is 2. The fourth-order valence-electron chi connectivity index (χ4n) is 4.91. The minimum Gasteiger partial charge on any atom is -0.383 e. The lowest BCUT2D eigenvalue weighted by Gasteiger charge is -2.24. The second-order valence-corrected chi connectivity index (χ2v) is 12.2. The average molecular weight is 579 g/mol. The highest BCUT2D eigenvalue weighted by Gasteiger charge is 2.36. The first-order valence-corrected chi connectivity index (χ1v) is 14.5. The van der Waals surface area contributed by atoms with Gasteiger partial charge in [-0.05, 0) is 60.4 Å². The standard InChI is InChI=1S/C26H25Cl2FN4O4S/c1-37-13-20-3-2-10-32(20)31-26(34)24-21-15-38(35,36)14-17(11-16-4-7-19(29)8-5-16)25(21)33(30-24)23-9-6-18(27)12-22(23)28/h4-9,11-12,20H,2-3,10,13-15H2,1H3,(H,31,34)/b17-11+/t20-/m1/s1. The monoisotopic (exact) mass is 578 g/mol. The van der Waals surface area contributed by atoms with Crippen molar-refractivity contribution in [2.24, 2.45) is 0 Å². The summed E-state index contributed by atoms with van der Waals surface area (Å²) in [5.41, 5.74) is 5.06. The molecular formula is C26H25Cl2FN4O4S. The number of rotatable bonds is 6. The van der Waals surface area contributed by atoms with E-state index in [1.807, 2.05) is 0 Å². The van der Waals surface area contributed by atoms with Crippen molar-refractivity contribution < 1.29 is 22.3 Å². The quantitative estimate of drug-likeness (QED) is 0.461. The van der Waals surface area contributed by atoms with E-state index in [1.54, 1.807) is 48.5 Å². The zero-order chi connectivity index (χ0) is 27.0. The second-order valence-electron chi connectivity index (χ2n) is 9.32. The van der Waals surface area contributed by atoms with Gasteiger partial charge in [-0.15, -0.1) is 0 Å². The molecule has 3 aromatic rings. The number of halogens is 3. The van der Waals surface area contributed by atoms with E-state index in [2.05, 4.69) is 10.5 Å². The molecule has 1 amide bonds. The molecule has 2 aliphatic heterocycles. The van der Waals surface area contributed by atoms with Crippen LogP contribution in [0.5, 0.6) is 0 Å². The lowest BCUT2D eigenvalue weighted by molar-refractivity contribution is 0.0606. The smallest absolute Gasteiger partial charge is 0.286 e. The molecule has 1 saturated heterocycles. The van der Waals surface area contributed by atoms with Crippen LogP contribution in [-0.2, 0) is 20.3 Å². The number of nitrogens with zero attached hydrogens (tertiary/aromatic N) is 3. The van der Waals surface area contributed by atoms with Crippen LogP contribution < -0.4 is 5.43 Å². The molecule has 12 heteroatoms. The molecule has 0 radical (unpaired) electrons. The number of amides is 1. The van der Waals surface area contributed by atoms with Crippen LogP contribution in [0.15, 0.2) is 42.5 Å². The van der Waals surface area contributed by atoms with Gasteiger partial charge in [-0.3, -0.25) is 10.2 Å². The lowest BCUT2D eigenvalue weighted by Crippen LogP contribution is -2.47. The van der Waals surface area contributed by atoms with Crippen molar-refractivity contribution in [1.29, 1.82) is 0 Å². The summed E-state index contributed by atoms with van der Waals surface area (Å²) in [5, 5.41) is 7.09. The number of sulfone groups is 1. The second kappa shape index (κ2) is 10.8. The summed E-state index contributed by atoms with van der Waals surface area (Å²) in [5.74, 6) is -1.57. The first kappa shape index (κ1) is 26.8. The van der Waals surface area contributed by atoms with E-state index in [0.29, 0.717) is 40.7 Å². The Balaban J connectivity index is 1.66. The molecule has 2 aromatic carbocycles. The molecule has 1 fully saturated rings. The molecular weight excluding hydrogens is 554 g/mol. The third-order valence-corrected chi connectivity index (χ3v) is 8.59. The van der Waals surface area contributed by atoms with Gasteiger partial charge >= 0.3 is 0 Å². The van der Waals surface area contributed by atoms with Crippen LogP contribution in [-0.4, -0.2) is 61.2 Å². The summed E-state index contributed by atoms with van der Waals surface area (Å²) < 4.78 is 46.4. The molecule has 1 N–H and O–H groups in total. The molecule has 1 aromatic heterocycles. The zero-order valence-corrected chi connectivity index (χ0v) is 22.8. The molecule has 0 aliphatic carbocycles. The van der Waals surface area contributed by atoms with E-state index in [1.165, 1.54) is 16.8 Å². The van der Waals surface area contributed by atoms with Crippen molar-refractivity contribution in [2.45, 2.75) is 24.6 Å². The molecule has 0 bridgehead atoms. The Bertz CT molecular complexity index is 1520. The largest absolute Gasteiger partial charge is 0.383 e. The topological polar surface area (TPSA) is 93.5 Å². The fraction of sp³-hybridized carbons (Fsp3) is 0.308. The van der Waals surface area contributed by atoms with Crippen molar-refractivity contribution in [1.82, 2.24) is 20.2 Å². The fourth-order valence-corrected chi connectivity index (χ4v) is 6.90. The summed E-state index contributed by atoms with van der Waals surface area (Å²) in [6, 6.07) is 10.5. The first-order chi connectivity index (χ1) is 18.1. The van der Waals surface area contributed by atoms with E-state index in [9.17, 15) is 17.6 Å². The van der Waals surface area contributed by atoms with Gasteiger partial charge in [0.2, 0.25) is 0 Å². The summed E-state index contributed by atoms with van der Waals surface area (Å²) >= 11 is 12.6. The van der Waals surface area contributed by atoms with Gasteiger partial charge in [0.05, 0.1) is 40.6 Å². The summed E-state index contributed by atoms with van der Waals surface area (Å²) in [6.07, 6.45) is 3.41. The third-order valence-electron chi connectivity index (χ3n) is 6.57. The van der Waals surface area contributed by atoms with E-state index in [4.69, 9.17) is 27.9 Å². The van der Waals surface area contributed by atoms with Gasteiger partial charge in [0, 0.05) is 24.2 Å². The van der Waals surface area contributed by atoms with Gasteiger partial charge < -0.3 is 4.74 Å². The number of hydrogen-bond acceptors (Lipinski definition) is 6. The summed E-state index contributed by atoms with van der Waals surface area (Å²) in [7, 11) is -2.02. The Kier molecular flexibility index (Phi) is 7.61. The van der Waals surface area contributed by atoms with Gasteiger partial charge in [-0.1, -0.05) is 35.3 Å². The molecule has 1 atom stereocenters. The van der Waals surface area contributed by atoms with Crippen LogP contribution >= 0.6 is 23.2 Å². The van der Waals surface area contributed by atoms with Crippen LogP contribution in [0.4, 0.5) is 4.39 Å². The van der Waals surface area contributed by atoms with Crippen LogP contribution in [0.1, 0.15) is 40.2 Å². The highest BCUT2D eigenvalue weighted by Crippen LogP contribution is 2.37. The van der Waals surface area contributed by atoms with Crippen LogP contribution in [0.2, 0.25) is 10.0 Å². The maximum absolute atomic E-state index is 13.5. The van der Waals surface area contributed by atoms with E-state index in [0.717, 1.165) is 12.8 Å². The minimum atomic E-state index is -3.63. The summed E-state index contributed by atoms with van der Waals surface area (Å²) in [4.78, 5) is 13.5. The predicted octanol–water partition coefficient (Wildman–Crippen LogP) is 4.54. The molecule has 200 valence electrons. The Morgan fingerprint density at radius 2 is 1.97 bits per heavy atom. The minimum absolute atomic E-state index is 0.00485. The maximum atomic E-state index is 13.5. The van der Waals surface area contributed by atoms with Gasteiger partial charge in [0.25, 0.3) is 5.91 Å². The molecule has 5 rings (SSSR count). The molecule has 0 spiro atoms. The molecule has 2 aliphatic rings. The van der Waals surface area contributed by atoms with E-state index < -0.39 is 21.6 Å². The lowest BCUT2D eigenvalue weighted by atomic mass is 10.0. The molecule has 3 heterocycles. The van der Waals surface area contributed by atoms with Gasteiger partial charge in [0.1, 0.15) is 5.82 Å². The number of carbonyl (C=O) groups excluding carboxylic acids is 1. The number of carbonyl (C=O) groups is 1. The zero-order valence-electron chi connectivity index (χ0n) is 20.5. The van der Waals surface area contributed by atoms with Gasteiger partial charge in [-0.2, -0.15) is 5.10 Å². The average Bonchev–Trinajstić information content (AvgIpc) is 3.44. The highest BCUT2D eigenvalue weighted by atomic mass is 35.5. The van der Waals surface area contributed by atoms with E-state index >= 15 is 0 Å². The number of ether oxygens (including phenoxy) is 1. The first-order valence-electron chi connectivity index (χ1n) is 12.0. The number of hydrazine groups is 1. The van der Waals surface area contributed by atoms with Crippen molar-refractivity contribution in [2.75, 3.05) is 26.0 Å². The normalized spacial score (nSPS) is 20.0. The maximum Gasteiger partial charge on any atom is 0.286 e. The SMILES string of the molecule is COC[C@H]1CCCN1NC(=O)c1nn(-c2ccc(Cl)cc2Cl)c2c1CS(=O)(=O)C/C2=C\c1ccc(F)cc1. The van der Waals surface area contributed by atoms with Crippen LogP contribution in [0.25, 0.3) is 17.3 Å². The Labute approximate surface area is 229 Å². The van der Waals surface area contributed by atoms with Crippen molar-refractivity contribution >= 4 is 50.6 Å². The van der Waals surface area contributed by atoms with Gasteiger partial charge in [0.15, 0.2) is 15.5 Å². The number of benzene rings is 2.